The summed E-state index contributed by atoms with van der Waals surface area (Å²) in [4.78, 5) is -1.03. The van der Waals surface area contributed by atoms with Crippen LogP contribution in [0.4, 0.5) is 0 Å². The molecule has 0 saturated heterocycles. The Morgan fingerprint density at radius 1 is 0.650 bits per heavy atom. The standard InChI is InChI=1S/C12H12N2O4S2/c13-19(15,16)11-7-6-10(8-12(11)20(14,17)18)9-4-2-1-3-5-9/h1-8H,(H2,13,15,16)(H2,14,17,18). The molecule has 0 aliphatic heterocycles. The van der Waals surface area contributed by atoms with E-state index in [0.29, 0.717) is 5.56 Å². The zero-order chi connectivity index (χ0) is 15.0. The molecule has 2 rings (SSSR count). The molecule has 6 nitrogen and oxygen atoms in total. The highest BCUT2D eigenvalue weighted by Crippen LogP contribution is 2.26. The fourth-order valence-corrected chi connectivity index (χ4v) is 3.71. The molecule has 0 atom stereocenters. The van der Waals surface area contributed by atoms with Crippen LogP contribution in [0.15, 0.2) is 58.3 Å². The minimum atomic E-state index is -4.21. The number of rotatable bonds is 3. The highest BCUT2D eigenvalue weighted by Gasteiger charge is 2.22. The van der Waals surface area contributed by atoms with Crippen molar-refractivity contribution < 1.29 is 16.8 Å². The molecule has 0 heterocycles. The van der Waals surface area contributed by atoms with Gasteiger partial charge in [0.15, 0.2) is 0 Å². The molecule has 0 fully saturated rings. The lowest BCUT2D eigenvalue weighted by Crippen LogP contribution is -2.20. The molecule has 0 aliphatic rings. The van der Waals surface area contributed by atoms with Crippen LogP contribution in [0.3, 0.4) is 0 Å². The first-order valence-electron chi connectivity index (χ1n) is 5.45. The molecular weight excluding hydrogens is 300 g/mol. The molecule has 0 amide bonds. The second-order valence-electron chi connectivity index (χ2n) is 4.12. The van der Waals surface area contributed by atoms with Crippen molar-refractivity contribution in [3.63, 3.8) is 0 Å². The number of nitrogens with two attached hydrogens (primary N) is 2. The smallest absolute Gasteiger partial charge is 0.225 e. The van der Waals surface area contributed by atoms with Gasteiger partial charge in [-0.05, 0) is 23.3 Å². The second kappa shape index (κ2) is 4.98. The number of benzene rings is 2. The van der Waals surface area contributed by atoms with Gasteiger partial charge in [0.05, 0.1) is 0 Å². The number of primary sulfonamides is 2. The Kier molecular flexibility index (Phi) is 3.65. The maximum absolute atomic E-state index is 11.5. The fourth-order valence-electron chi connectivity index (χ4n) is 1.78. The predicted molar refractivity (Wildman–Crippen MR) is 74.6 cm³/mol. The normalized spacial score (nSPS) is 12.3. The molecule has 20 heavy (non-hydrogen) atoms. The van der Waals surface area contributed by atoms with E-state index in [4.69, 9.17) is 10.3 Å². The Hall–Kier alpha value is -1.74. The first kappa shape index (κ1) is 14.7. The topological polar surface area (TPSA) is 120 Å². The quantitative estimate of drug-likeness (QED) is 0.864. The summed E-state index contributed by atoms with van der Waals surface area (Å²) in [5.41, 5.74) is 1.26. The van der Waals surface area contributed by atoms with Crippen molar-refractivity contribution in [2.24, 2.45) is 10.3 Å². The fraction of sp³-hybridized carbons (Fsp3) is 0. The Morgan fingerprint density at radius 3 is 1.70 bits per heavy atom. The first-order chi connectivity index (χ1) is 9.19. The van der Waals surface area contributed by atoms with Crippen LogP contribution in [0.1, 0.15) is 0 Å². The van der Waals surface area contributed by atoms with Gasteiger partial charge in [0.1, 0.15) is 9.79 Å². The Labute approximate surface area is 117 Å². The highest BCUT2D eigenvalue weighted by atomic mass is 32.2. The van der Waals surface area contributed by atoms with Crippen molar-refractivity contribution in [1.29, 1.82) is 0 Å². The molecule has 8 heteroatoms. The van der Waals surface area contributed by atoms with Gasteiger partial charge >= 0.3 is 0 Å². The van der Waals surface area contributed by atoms with E-state index in [0.717, 1.165) is 11.6 Å². The predicted octanol–water partition coefficient (Wildman–Crippen LogP) is 0.648. The van der Waals surface area contributed by atoms with Crippen molar-refractivity contribution in [1.82, 2.24) is 0 Å². The van der Waals surface area contributed by atoms with Gasteiger partial charge < -0.3 is 0 Å². The van der Waals surface area contributed by atoms with Crippen LogP contribution in [-0.4, -0.2) is 16.8 Å². The van der Waals surface area contributed by atoms with Crippen LogP contribution in [0, 0.1) is 0 Å². The van der Waals surface area contributed by atoms with Gasteiger partial charge in [0.2, 0.25) is 20.0 Å². The first-order valence-corrected chi connectivity index (χ1v) is 8.54. The van der Waals surface area contributed by atoms with Crippen molar-refractivity contribution in [3.8, 4) is 11.1 Å². The Morgan fingerprint density at radius 2 is 1.20 bits per heavy atom. The van der Waals surface area contributed by atoms with Crippen LogP contribution in [0.25, 0.3) is 11.1 Å². The molecule has 0 aromatic heterocycles. The molecule has 0 saturated carbocycles. The SMILES string of the molecule is NS(=O)(=O)c1ccc(-c2ccccc2)cc1S(N)(=O)=O. The van der Waals surface area contributed by atoms with E-state index < -0.39 is 29.8 Å². The monoisotopic (exact) mass is 312 g/mol. The maximum Gasteiger partial charge on any atom is 0.239 e. The van der Waals surface area contributed by atoms with Crippen LogP contribution in [-0.2, 0) is 20.0 Å². The van der Waals surface area contributed by atoms with Crippen molar-refractivity contribution in [3.05, 3.63) is 48.5 Å². The number of sulfonamides is 2. The molecule has 2 aromatic rings. The second-order valence-corrected chi connectivity index (χ2v) is 7.18. The zero-order valence-corrected chi connectivity index (χ0v) is 11.9. The average Bonchev–Trinajstić information content (AvgIpc) is 2.37. The third-order valence-electron chi connectivity index (χ3n) is 2.66. The molecule has 0 radical (unpaired) electrons. The van der Waals surface area contributed by atoms with E-state index >= 15 is 0 Å². The van der Waals surface area contributed by atoms with Crippen LogP contribution in [0.5, 0.6) is 0 Å². The van der Waals surface area contributed by atoms with Crippen LogP contribution >= 0.6 is 0 Å². The van der Waals surface area contributed by atoms with Gasteiger partial charge in [-0.3, -0.25) is 0 Å². The van der Waals surface area contributed by atoms with Gasteiger partial charge in [-0.2, -0.15) is 0 Å². The molecule has 0 bridgehead atoms. The van der Waals surface area contributed by atoms with Crippen molar-refractivity contribution >= 4 is 20.0 Å². The molecule has 0 aliphatic carbocycles. The number of hydrogen-bond donors (Lipinski definition) is 2. The lowest BCUT2D eigenvalue weighted by Gasteiger charge is -2.09. The molecule has 0 unspecified atom stereocenters. The molecular formula is C12H12N2O4S2. The largest absolute Gasteiger partial charge is 0.239 e. The molecule has 2 aromatic carbocycles. The highest BCUT2D eigenvalue weighted by molar-refractivity contribution is 7.92. The van der Waals surface area contributed by atoms with Crippen molar-refractivity contribution in [2.75, 3.05) is 0 Å². The van der Waals surface area contributed by atoms with E-state index in [-0.39, 0.29) is 0 Å². The van der Waals surface area contributed by atoms with Gasteiger partial charge in [0, 0.05) is 0 Å². The lowest BCUT2D eigenvalue weighted by atomic mass is 10.1. The van der Waals surface area contributed by atoms with Gasteiger partial charge in [0.25, 0.3) is 0 Å². The summed E-state index contributed by atoms with van der Waals surface area (Å²) in [6.07, 6.45) is 0. The van der Waals surface area contributed by atoms with Gasteiger partial charge in [-0.25, -0.2) is 27.1 Å². The summed E-state index contributed by atoms with van der Waals surface area (Å²) in [5.74, 6) is 0. The van der Waals surface area contributed by atoms with E-state index in [9.17, 15) is 16.8 Å². The average molecular weight is 312 g/mol. The van der Waals surface area contributed by atoms with Gasteiger partial charge in [-0.15, -0.1) is 0 Å². The Bertz CT molecular complexity index is 844. The van der Waals surface area contributed by atoms with Gasteiger partial charge in [-0.1, -0.05) is 36.4 Å². The summed E-state index contributed by atoms with van der Waals surface area (Å²) in [7, 11) is -8.38. The summed E-state index contributed by atoms with van der Waals surface area (Å²) in [5, 5.41) is 10.0. The summed E-state index contributed by atoms with van der Waals surface area (Å²) < 4.78 is 45.9. The van der Waals surface area contributed by atoms with E-state index in [1.54, 1.807) is 24.3 Å². The van der Waals surface area contributed by atoms with Crippen LogP contribution in [0.2, 0.25) is 0 Å². The maximum atomic E-state index is 11.5. The minimum absolute atomic E-state index is 0.513. The third kappa shape index (κ3) is 3.05. The molecule has 106 valence electrons. The Balaban J connectivity index is 2.75. The van der Waals surface area contributed by atoms with E-state index in [1.165, 1.54) is 12.1 Å². The molecule has 0 spiro atoms. The van der Waals surface area contributed by atoms with Crippen molar-refractivity contribution in [2.45, 2.75) is 9.79 Å². The number of hydrogen-bond acceptors (Lipinski definition) is 4. The molecule has 4 N–H and O–H groups in total. The third-order valence-corrected chi connectivity index (χ3v) is 4.71. The summed E-state index contributed by atoms with van der Waals surface area (Å²) >= 11 is 0. The van der Waals surface area contributed by atoms with Crippen LogP contribution < -0.4 is 10.3 Å². The van der Waals surface area contributed by atoms with E-state index in [1.807, 2.05) is 6.07 Å². The minimum Gasteiger partial charge on any atom is -0.225 e. The summed E-state index contributed by atoms with van der Waals surface area (Å²) in [6, 6.07) is 12.7. The lowest BCUT2D eigenvalue weighted by molar-refractivity contribution is 0.584. The van der Waals surface area contributed by atoms with E-state index in [2.05, 4.69) is 0 Å². The summed E-state index contributed by atoms with van der Waals surface area (Å²) in [6.45, 7) is 0. The zero-order valence-electron chi connectivity index (χ0n) is 10.2.